The minimum atomic E-state index is -0.0955. The summed E-state index contributed by atoms with van der Waals surface area (Å²) in [5.74, 6) is 1.60. The van der Waals surface area contributed by atoms with Crippen LogP contribution in [0.5, 0.6) is 5.75 Å². The van der Waals surface area contributed by atoms with Crippen LogP contribution in [0.15, 0.2) is 59.1 Å². The molecule has 1 aliphatic heterocycles. The van der Waals surface area contributed by atoms with Crippen LogP contribution in [-0.4, -0.2) is 60.0 Å². The number of benzene rings is 2. The van der Waals surface area contributed by atoms with Crippen LogP contribution < -0.4 is 10.1 Å². The molecule has 1 saturated heterocycles. The second-order valence-corrected chi connectivity index (χ2v) is 7.54. The lowest BCUT2D eigenvalue weighted by molar-refractivity contribution is 0.144. The van der Waals surface area contributed by atoms with Gasteiger partial charge < -0.3 is 24.2 Å². The number of hydrogen-bond donors (Lipinski definition) is 1. The summed E-state index contributed by atoms with van der Waals surface area (Å²) >= 11 is 0. The average molecular weight is 437 g/mol. The third kappa shape index (κ3) is 5.45. The quantitative estimate of drug-likeness (QED) is 0.510. The lowest BCUT2D eigenvalue weighted by Gasteiger charge is -2.18. The van der Waals surface area contributed by atoms with Crippen LogP contribution in [0.2, 0.25) is 0 Å². The van der Waals surface area contributed by atoms with E-state index in [1.54, 1.807) is 4.90 Å². The first-order chi connectivity index (χ1) is 15.7. The van der Waals surface area contributed by atoms with Crippen molar-refractivity contribution in [1.29, 1.82) is 0 Å². The Balaban J connectivity index is 1.36. The van der Waals surface area contributed by atoms with E-state index >= 15 is 0 Å². The summed E-state index contributed by atoms with van der Waals surface area (Å²) in [5.41, 5.74) is 1.63. The topological polar surface area (TPSA) is 89.7 Å². The largest absolute Gasteiger partial charge is 0.488 e. The molecule has 2 amide bonds. The van der Waals surface area contributed by atoms with Crippen molar-refractivity contribution in [2.45, 2.75) is 25.9 Å². The van der Waals surface area contributed by atoms with Gasteiger partial charge in [0.15, 0.2) is 0 Å². The maximum Gasteiger partial charge on any atom is 0.317 e. The van der Waals surface area contributed by atoms with Gasteiger partial charge in [-0.15, -0.1) is 0 Å². The smallest absolute Gasteiger partial charge is 0.317 e. The molecule has 8 heteroatoms. The monoisotopic (exact) mass is 436 g/mol. The molecular formula is C24H28N4O4. The van der Waals surface area contributed by atoms with Crippen LogP contribution in [0.25, 0.3) is 22.8 Å². The first-order valence-electron chi connectivity index (χ1n) is 11.0. The number of likely N-dealkylation sites (tertiary alicyclic amines) is 1. The van der Waals surface area contributed by atoms with Crippen molar-refractivity contribution in [1.82, 2.24) is 20.4 Å². The number of hydrogen-bond acceptors (Lipinski definition) is 6. The molecule has 0 spiro atoms. The van der Waals surface area contributed by atoms with Gasteiger partial charge in [0, 0.05) is 38.3 Å². The van der Waals surface area contributed by atoms with Gasteiger partial charge in [0.2, 0.25) is 5.82 Å². The molecule has 0 bridgehead atoms. The zero-order chi connectivity index (χ0) is 22.2. The van der Waals surface area contributed by atoms with E-state index in [-0.39, 0.29) is 12.1 Å². The number of ether oxygens (including phenoxy) is 2. The van der Waals surface area contributed by atoms with E-state index in [0.717, 1.165) is 24.0 Å². The lowest BCUT2D eigenvalue weighted by Crippen LogP contribution is -2.40. The normalized spacial score (nSPS) is 15.7. The molecule has 1 aromatic heterocycles. The first kappa shape index (κ1) is 21.8. The molecule has 32 heavy (non-hydrogen) atoms. The molecule has 1 fully saturated rings. The lowest BCUT2D eigenvalue weighted by atomic mass is 10.2. The van der Waals surface area contributed by atoms with E-state index in [1.165, 1.54) is 0 Å². The van der Waals surface area contributed by atoms with Crippen molar-refractivity contribution in [3.05, 3.63) is 54.6 Å². The molecule has 0 saturated carbocycles. The minimum absolute atomic E-state index is 0.0645. The highest BCUT2D eigenvalue weighted by atomic mass is 16.5. The Labute approximate surface area is 187 Å². The molecule has 1 unspecified atom stereocenters. The second kappa shape index (κ2) is 10.8. The second-order valence-electron chi connectivity index (χ2n) is 7.54. The number of amides is 2. The van der Waals surface area contributed by atoms with Gasteiger partial charge in [0.25, 0.3) is 5.89 Å². The van der Waals surface area contributed by atoms with E-state index in [4.69, 9.17) is 14.0 Å². The fraction of sp³-hybridized carbons (Fsp3) is 0.375. The minimum Gasteiger partial charge on any atom is -0.488 e. The molecule has 0 radical (unpaired) electrons. The van der Waals surface area contributed by atoms with E-state index < -0.39 is 0 Å². The number of aromatic nitrogens is 2. The van der Waals surface area contributed by atoms with Gasteiger partial charge in [0.1, 0.15) is 11.9 Å². The van der Waals surface area contributed by atoms with Crippen molar-refractivity contribution in [2.24, 2.45) is 0 Å². The predicted molar refractivity (Wildman–Crippen MR) is 120 cm³/mol. The Hall–Kier alpha value is -3.39. The maximum atomic E-state index is 12.4. The number of carbonyl (C=O) groups is 1. The highest BCUT2D eigenvalue weighted by Crippen LogP contribution is 2.31. The van der Waals surface area contributed by atoms with E-state index in [2.05, 4.69) is 15.5 Å². The van der Waals surface area contributed by atoms with Gasteiger partial charge in [-0.25, -0.2) is 4.79 Å². The van der Waals surface area contributed by atoms with Crippen molar-refractivity contribution in [3.8, 4) is 28.6 Å². The predicted octanol–water partition coefficient (Wildman–Crippen LogP) is 3.99. The standard InChI is InChI=1S/C24H28N4O4/c1-2-30-16-8-14-25-24(29)28-15-13-19(17-28)31-21-12-7-6-11-20(21)23-26-22(27-32-23)18-9-4-3-5-10-18/h3-7,9-12,19H,2,8,13-17H2,1H3,(H,25,29). The van der Waals surface area contributed by atoms with Gasteiger partial charge in [-0.2, -0.15) is 4.98 Å². The molecule has 2 heterocycles. The van der Waals surface area contributed by atoms with Gasteiger partial charge in [0.05, 0.1) is 12.1 Å². The molecule has 1 N–H and O–H groups in total. The molecule has 2 aromatic carbocycles. The molecule has 8 nitrogen and oxygen atoms in total. The van der Waals surface area contributed by atoms with Crippen LogP contribution in [0.3, 0.4) is 0 Å². The Kier molecular flexibility index (Phi) is 7.34. The summed E-state index contributed by atoms with van der Waals surface area (Å²) < 4.78 is 17.1. The van der Waals surface area contributed by atoms with Crippen molar-refractivity contribution < 1.29 is 18.8 Å². The van der Waals surface area contributed by atoms with E-state index in [1.807, 2.05) is 61.5 Å². The summed E-state index contributed by atoms with van der Waals surface area (Å²) in [6, 6.07) is 17.2. The summed E-state index contributed by atoms with van der Waals surface area (Å²) in [4.78, 5) is 18.7. The fourth-order valence-corrected chi connectivity index (χ4v) is 3.60. The first-order valence-corrected chi connectivity index (χ1v) is 11.0. The Morgan fingerprint density at radius 2 is 2.00 bits per heavy atom. The van der Waals surface area contributed by atoms with Gasteiger partial charge in [-0.3, -0.25) is 0 Å². The van der Waals surface area contributed by atoms with Crippen LogP contribution in [0.1, 0.15) is 19.8 Å². The molecule has 1 atom stereocenters. The molecule has 4 rings (SSSR count). The Bertz CT molecular complexity index is 1010. The van der Waals surface area contributed by atoms with Crippen LogP contribution >= 0.6 is 0 Å². The van der Waals surface area contributed by atoms with E-state index in [0.29, 0.717) is 50.3 Å². The third-order valence-electron chi connectivity index (χ3n) is 5.25. The Morgan fingerprint density at radius 1 is 1.19 bits per heavy atom. The number of nitrogens with one attached hydrogen (secondary N) is 1. The number of urea groups is 1. The molecule has 0 aliphatic carbocycles. The molecule has 168 valence electrons. The number of carbonyl (C=O) groups excluding carboxylic acids is 1. The number of nitrogens with zero attached hydrogens (tertiary/aromatic N) is 3. The number of rotatable bonds is 9. The summed E-state index contributed by atoms with van der Waals surface area (Å²) in [7, 11) is 0. The van der Waals surface area contributed by atoms with Gasteiger partial charge in [-0.1, -0.05) is 47.6 Å². The molecule has 3 aromatic rings. The van der Waals surface area contributed by atoms with Crippen LogP contribution in [0.4, 0.5) is 4.79 Å². The van der Waals surface area contributed by atoms with Crippen LogP contribution in [0, 0.1) is 0 Å². The summed E-state index contributed by atoms with van der Waals surface area (Å²) in [6.07, 6.45) is 1.47. The number of para-hydroxylation sites is 1. The summed E-state index contributed by atoms with van der Waals surface area (Å²) in [6.45, 7) is 5.10. The molecular weight excluding hydrogens is 408 g/mol. The highest BCUT2D eigenvalue weighted by molar-refractivity contribution is 5.74. The Morgan fingerprint density at radius 3 is 2.84 bits per heavy atom. The van der Waals surface area contributed by atoms with Crippen molar-refractivity contribution in [3.63, 3.8) is 0 Å². The van der Waals surface area contributed by atoms with Crippen molar-refractivity contribution in [2.75, 3.05) is 32.8 Å². The highest BCUT2D eigenvalue weighted by Gasteiger charge is 2.28. The third-order valence-corrected chi connectivity index (χ3v) is 5.25. The maximum absolute atomic E-state index is 12.4. The fourth-order valence-electron chi connectivity index (χ4n) is 3.60. The zero-order valence-electron chi connectivity index (χ0n) is 18.2. The SMILES string of the molecule is CCOCCCNC(=O)N1CCC(Oc2ccccc2-c2nc(-c3ccccc3)no2)C1. The molecule has 1 aliphatic rings. The average Bonchev–Trinajstić information content (AvgIpc) is 3.50. The van der Waals surface area contributed by atoms with Crippen LogP contribution in [-0.2, 0) is 4.74 Å². The summed E-state index contributed by atoms with van der Waals surface area (Å²) in [5, 5.41) is 7.05. The zero-order valence-corrected chi connectivity index (χ0v) is 18.2. The van der Waals surface area contributed by atoms with E-state index in [9.17, 15) is 4.79 Å². The van der Waals surface area contributed by atoms with Crippen molar-refractivity contribution >= 4 is 6.03 Å². The van der Waals surface area contributed by atoms with Gasteiger partial charge in [-0.05, 0) is 25.5 Å². The van der Waals surface area contributed by atoms with Gasteiger partial charge >= 0.3 is 6.03 Å².